The van der Waals surface area contributed by atoms with E-state index < -0.39 is 11.8 Å². The lowest BCUT2D eigenvalue weighted by Crippen LogP contribution is -2.35. The zero-order valence-electron chi connectivity index (χ0n) is 12.5. The van der Waals surface area contributed by atoms with Crippen LogP contribution < -0.4 is 10.7 Å². The van der Waals surface area contributed by atoms with Crippen molar-refractivity contribution in [1.82, 2.24) is 20.7 Å². The van der Waals surface area contributed by atoms with Crippen molar-refractivity contribution in [2.75, 3.05) is 6.54 Å². The molecule has 8 heteroatoms. The summed E-state index contributed by atoms with van der Waals surface area (Å²) in [5, 5.41) is 9.38. The standard InChI is InChI=1S/C16H13N5O2S/c22-14(9-19-16(23)15-17-6-3-7-18-15)21-20-8-11-10-24-13-5-2-1-4-12(11)13/h1-8,10H,9H2,(H,19,23)(H,21,22)/b20-8+. The van der Waals surface area contributed by atoms with Gasteiger partial charge in [-0.05, 0) is 12.1 Å². The highest BCUT2D eigenvalue weighted by molar-refractivity contribution is 7.17. The molecule has 0 unspecified atom stereocenters. The van der Waals surface area contributed by atoms with Crippen molar-refractivity contribution in [1.29, 1.82) is 0 Å². The third-order valence-electron chi connectivity index (χ3n) is 3.08. The van der Waals surface area contributed by atoms with E-state index in [9.17, 15) is 9.59 Å². The molecule has 3 rings (SSSR count). The van der Waals surface area contributed by atoms with Gasteiger partial charge in [0.2, 0.25) is 5.82 Å². The van der Waals surface area contributed by atoms with Gasteiger partial charge in [-0.15, -0.1) is 11.3 Å². The SMILES string of the molecule is O=C(CNC(=O)c1ncccn1)N/N=C/c1csc2ccccc12. The van der Waals surface area contributed by atoms with Crippen LogP contribution in [0.25, 0.3) is 10.1 Å². The number of nitrogens with one attached hydrogen (secondary N) is 2. The molecule has 0 aliphatic rings. The van der Waals surface area contributed by atoms with E-state index in [4.69, 9.17) is 0 Å². The first-order valence-corrected chi connectivity index (χ1v) is 7.95. The first kappa shape index (κ1) is 15.8. The smallest absolute Gasteiger partial charge is 0.289 e. The molecule has 2 N–H and O–H groups in total. The molecule has 1 aromatic carbocycles. The lowest BCUT2D eigenvalue weighted by atomic mass is 10.2. The molecule has 0 bridgehead atoms. The molecule has 3 aromatic rings. The van der Waals surface area contributed by atoms with Gasteiger partial charge in [-0.25, -0.2) is 15.4 Å². The summed E-state index contributed by atoms with van der Waals surface area (Å²) in [7, 11) is 0. The first-order valence-electron chi connectivity index (χ1n) is 7.07. The van der Waals surface area contributed by atoms with Crippen molar-refractivity contribution < 1.29 is 9.59 Å². The second-order valence-corrected chi connectivity index (χ2v) is 5.65. The van der Waals surface area contributed by atoms with Gasteiger partial charge in [-0.3, -0.25) is 9.59 Å². The number of carbonyl (C=O) groups excluding carboxylic acids is 2. The molecular weight excluding hydrogens is 326 g/mol. The van der Waals surface area contributed by atoms with Crippen molar-refractivity contribution >= 4 is 39.5 Å². The number of aromatic nitrogens is 2. The predicted molar refractivity (Wildman–Crippen MR) is 91.9 cm³/mol. The zero-order chi connectivity index (χ0) is 16.8. The summed E-state index contributed by atoms with van der Waals surface area (Å²) < 4.78 is 1.15. The fourth-order valence-electron chi connectivity index (χ4n) is 1.97. The van der Waals surface area contributed by atoms with Gasteiger partial charge in [0, 0.05) is 33.4 Å². The second kappa shape index (κ2) is 7.42. The molecule has 7 nitrogen and oxygen atoms in total. The summed E-state index contributed by atoms with van der Waals surface area (Å²) in [6, 6.07) is 9.55. The van der Waals surface area contributed by atoms with Gasteiger partial charge in [0.25, 0.3) is 11.8 Å². The molecule has 0 saturated carbocycles. The summed E-state index contributed by atoms with van der Waals surface area (Å²) in [5.41, 5.74) is 3.30. The fourth-order valence-corrected chi connectivity index (χ4v) is 2.88. The predicted octanol–water partition coefficient (Wildman–Crippen LogP) is 1.57. The van der Waals surface area contributed by atoms with E-state index >= 15 is 0 Å². The molecule has 2 amide bonds. The first-order chi connectivity index (χ1) is 11.7. The summed E-state index contributed by atoms with van der Waals surface area (Å²) >= 11 is 1.61. The third kappa shape index (κ3) is 3.79. The van der Waals surface area contributed by atoms with E-state index in [1.54, 1.807) is 23.6 Å². The van der Waals surface area contributed by atoms with Crippen molar-refractivity contribution in [2.45, 2.75) is 0 Å². The van der Waals surface area contributed by atoms with Crippen LogP contribution in [0.1, 0.15) is 16.2 Å². The number of nitrogens with zero attached hydrogens (tertiary/aromatic N) is 3. The minimum Gasteiger partial charge on any atom is -0.340 e. The number of hydrogen-bond acceptors (Lipinski definition) is 6. The van der Waals surface area contributed by atoms with Crippen LogP contribution in [0.2, 0.25) is 0 Å². The topological polar surface area (TPSA) is 96.3 Å². The van der Waals surface area contributed by atoms with Crippen LogP contribution in [-0.4, -0.2) is 34.5 Å². The largest absolute Gasteiger partial charge is 0.340 e. The van der Waals surface area contributed by atoms with Crippen LogP contribution >= 0.6 is 11.3 Å². The molecule has 0 spiro atoms. The molecule has 0 aliphatic carbocycles. The highest BCUT2D eigenvalue weighted by Gasteiger charge is 2.09. The zero-order valence-corrected chi connectivity index (χ0v) is 13.3. The average Bonchev–Trinajstić information content (AvgIpc) is 3.04. The van der Waals surface area contributed by atoms with E-state index in [0.29, 0.717) is 0 Å². The lowest BCUT2D eigenvalue weighted by molar-refractivity contribution is -0.120. The van der Waals surface area contributed by atoms with Crippen molar-refractivity contribution in [3.05, 3.63) is 59.5 Å². The van der Waals surface area contributed by atoms with E-state index in [1.807, 2.05) is 29.6 Å². The normalized spacial score (nSPS) is 10.8. The molecule has 0 aliphatic heterocycles. The average molecular weight is 339 g/mol. The maximum atomic E-state index is 11.7. The Hall–Kier alpha value is -3.13. The third-order valence-corrected chi connectivity index (χ3v) is 4.06. The number of hydrazone groups is 1. The Morgan fingerprint density at radius 3 is 2.79 bits per heavy atom. The maximum absolute atomic E-state index is 11.7. The highest BCUT2D eigenvalue weighted by Crippen LogP contribution is 2.23. The molecule has 0 atom stereocenters. The Morgan fingerprint density at radius 2 is 1.96 bits per heavy atom. The van der Waals surface area contributed by atoms with E-state index in [0.717, 1.165) is 15.6 Å². The number of amides is 2. The molecule has 0 saturated heterocycles. The van der Waals surface area contributed by atoms with E-state index in [2.05, 4.69) is 25.8 Å². The minimum atomic E-state index is -0.515. The molecule has 120 valence electrons. The Balaban J connectivity index is 1.51. The Kier molecular flexibility index (Phi) is 4.87. The van der Waals surface area contributed by atoms with E-state index in [-0.39, 0.29) is 12.4 Å². The molecule has 2 aromatic heterocycles. The van der Waals surface area contributed by atoms with Gasteiger partial charge in [0.05, 0.1) is 12.8 Å². The number of thiophene rings is 1. The maximum Gasteiger partial charge on any atom is 0.289 e. The van der Waals surface area contributed by atoms with Crippen LogP contribution in [0.5, 0.6) is 0 Å². The molecule has 0 fully saturated rings. The highest BCUT2D eigenvalue weighted by atomic mass is 32.1. The molecule has 0 radical (unpaired) electrons. The summed E-state index contributed by atoms with van der Waals surface area (Å²) in [6.07, 6.45) is 4.49. The van der Waals surface area contributed by atoms with Crippen LogP contribution in [0, 0.1) is 0 Å². The van der Waals surface area contributed by atoms with Crippen LogP contribution in [0.15, 0.2) is 53.2 Å². The Bertz CT molecular complexity index is 892. The van der Waals surface area contributed by atoms with E-state index in [1.165, 1.54) is 12.4 Å². The van der Waals surface area contributed by atoms with Gasteiger partial charge in [0.15, 0.2) is 0 Å². The van der Waals surface area contributed by atoms with Gasteiger partial charge in [-0.2, -0.15) is 5.10 Å². The second-order valence-electron chi connectivity index (χ2n) is 4.74. The fraction of sp³-hybridized carbons (Fsp3) is 0.0625. The monoisotopic (exact) mass is 339 g/mol. The van der Waals surface area contributed by atoms with Crippen molar-refractivity contribution in [3.8, 4) is 0 Å². The number of hydrogen-bond donors (Lipinski definition) is 2. The van der Waals surface area contributed by atoms with Gasteiger partial charge in [0.1, 0.15) is 0 Å². The quantitative estimate of drug-likeness (QED) is 0.545. The molecule has 24 heavy (non-hydrogen) atoms. The summed E-state index contributed by atoms with van der Waals surface area (Å²) in [6.45, 7) is -0.210. The number of rotatable bonds is 5. The Labute approximate surface area is 141 Å². The van der Waals surface area contributed by atoms with Gasteiger partial charge in [-0.1, -0.05) is 18.2 Å². The van der Waals surface area contributed by atoms with Crippen molar-refractivity contribution in [3.63, 3.8) is 0 Å². The van der Waals surface area contributed by atoms with Crippen LogP contribution in [-0.2, 0) is 4.79 Å². The van der Waals surface area contributed by atoms with Crippen LogP contribution in [0.4, 0.5) is 0 Å². The Morgan fingerprint density at radius 1 is 1.17 bits per heavy atom. The minimum absolute atomic E-state index is 0.0125. The molecular formula is C16H13N5O2S. The summed E-state index contributed by atoms with van der Waals surface area (Å²) in [5.74, 6) is -0.938. The number of carbonyl (C=O) groups is 2. The number of benzene rings is 1. The molecule has 2 heterocycles. The van der Waals surface area contributed by atoms with Gasteiger partial charge < -0.3 is 5.32 Å². The lowest BCUT2D eigenvalue weighted by Gasteiger charge is -2.02. The number of fused-ring (bicyclic) bond motifs is 1. The van der Waals surface area contributed by atoms with Crippen LogP contribution in [0.3, 0.4) is 0 Å². The van der Waals surface area contributed by atoms with Gasteiger partial charge >= 0.3 is 0 Å². The summed E-state index contributed by atoms with van der Waals surface area (Å²) in [4.78, 5) is 31.0. The van der Waals surface area contributed by atoms with Crippen molar-refractivity contribution in [2.24, 2.45) is 5.10 Å².